The summed E-state index contributed by atoms with van der Waals surface area (Å²) < 4.78 is 46.5. The normalized spacial score (nSPS) is 12.7. The van der Waals surface area contributed by atoms with Gasteiger partial charge in [0.05, 0.1) is 16.8 Å². The molecule has 0 radical (unpaired) electrons. The highest BCUT2D eigenvalue weighted by atomic mass is 28.3. The lowest BCUT2D eigenvalue weighted by molar-refractivity contribution is -0.137. The molecule has 0 saturated heterocycles. The van der Waals surface area contributed by atoms with E-state index in [1.807, 2.05) is 34.9 Å². The molecular formula is C21H24F3NOSi. The minimum atomic E-state index is -4.33. The van der Waals surface area contributed by atoms with E-state index >= 15 is 0 Å². The number of hydrogen-bond acceptors (Lipinski definition) is 1. The summed E-state index contributed by atoms with van der Waals surface area (Å²) in [6, 6.07) is 16.3. The quantitative estimate of drug-likeness (QED) is 0.339. The third-order valence-corrected chi connectivity index (χ3v) is 6.24. The lowest BCUT2D eigenvalue weighted by atomic mass is 10.1. The Labute approximate surface area is 158 Å². The maximum atomic E-state index is 12.8. The molecule has 2 nitrogen and oxygen atoms in total. The van der Waals surface area contributed by atoms with E-state index in [4.69, 9.17) is 4.74 Å². The molecule has 1 aromatic heterocycles. The lowest BCUT2D eigenvalue weighted by Crippen LogP contribution is -2.22. The number of hydrogen-bond donors (Lipinski definition) is 0. The minimum absolute atomic E-state index is 0.383. The average molecular weight is 392 g/mol. The van der Waals surface area contributed by atoms with Crippen molar-refractivity contribution in [1.29, 1.82) is 0 Å². The maximum absolute atomic E-state index is 12.8. The molecule has 0 saturated carbocycles. The molecule has 1 heterocycles. The van der Waals surface area contributed by atoms with Crippen LogP contribution in [0.5, 0.6) is 0 Å². The molecule has 0 bridgehead atoms. The summed E-state index contributed by atoms with van der Waals surface area (Å²) in [6.45, 7) is 7.97. The number of halogens is 3. The second kappa shape index (κ2) is 7.52. The SMILES string of the molecule is C[Si](C)(C)CCOCn1c(-c2ccc(C(F)(F)F)cc2)cc2ccccc21. The predicted molar refractivity (Wildman–Crippen MR) is 106 cm³/mol. The first-order valence-corrected chi connectivity index (χ1v) is 12.7. The van der Waals surface area contributed by atoms with Gasteiger partial charge in [0.15, 0.2) is 0 Å². The molecule has 0 aliphatic heterocycles. The van der Waals surface area contributed by atoms with Gasteiger partial charge in [-0.05, 0) is 35.9 Å². The Bertz CT molecular complexity index is 908. The van der Waals surface area contributed by atoms with Gasteiger partial charge < -0.3 is 9.30 Å². The van der Waals surface area contributed by atoms with Gasteiger partial charge in [0, 0.05) is 20.1 Å². The van der Waals surface area contributed by atoms with Gasteiger partial charge in [-0.1, -0.05) is 50.0 Å². The minimum Gasteiger partial charge on any atom is -0.361 e. The molecule has 0 N–H and O–H groups in total. The van der Waals surface area contributed by atoms with Crippen LogP contribution in [0.2, 0.25) is 25.7 Å². The second-order valence-corrected chi connectivity index (χ2v) is 13.6. The first-order valence-electron chi connectivity index (χ1n) is 8.99. The zero-order valence-electron chi connectivity index (χ0n) is 15.8. The molecule has 0 aliphatic carbocycles. The lowest BCUT2D eigenvalue weighted by Gasteiger charge is -2.17. The van der Waals surface area contributed by atoms with Crippen LogP contribution in [0.1, 0.15) is 5.56 Å². The number of fused-ring (bicyclic) bond motifs is 1. The van der Waals surface area contributed by atoms with Crippen molar-refractivity contribution in [2.75, 3.05) is 6.61 Å². The Hall–Kier alpha value is -2.05. The van der Waals surface area contributed by atoms with Crippen LogP contribution in [0.25, 0.3) is 22.2 Å². The highest BCUT2D eigenvalue weighted by Gasteiger charge is 2.30. The fraction of sp³-hybridized carbons (Fsp3) is 0.333. The Morgan fingerprint density at radius 3 is 2.26 bits per heavy atom. The van der Waals surface area contributed by atoms with Crippen molar-refractivity contribution in [3.63, 3.8) is 0 Å². The molecule has 3 aromatic rings. The molecule has 144 valence electrons. The highest BCUT2D eigenvalue weighted by molar-refractivity contribution is 6.76. The summed E-state index contributed by atoms with van der Waals surface area (Å²) >= 11 is 0. The van der Waals surface area contributed by atoms with Gasteiger partial charge in [0.1, 0.15) is 6.73 Å². The first-order chi connectivity index (χ1) is 12.6. The van der Waals surface area contributed by atoms with Crippen molar-refractivity contribution in [3.05, 3.63) is 60.2 Å². The van der Waals surface area contributed by atoms with E-state index < -0.39 is 19.8 Å². The molecule has 2 aromatic carbocycles. The third kappa shape index (κ3) is 4.81. The van der Waals surface area contributed by atoms with E-state index in [0.29, 0.717) is 13.3 Å². The summed E-state index contributed by atoms with van der Waals surface area (Å²) in [7, 11) is -1.18. The number of ether oxygens (including phenoxy) is 1. The average Bonchev–Trinajstić information content (AvgIpc) is 2.96. The van der Waals surface area contributed by atoms with Crippen LogP contribution >= 0.6 is 0 Å². The van der Waals surface area contributed by atoms with Gasteiger partial charge in [0.2, 0.25) is 0 Å². The first kappa shape index (κ1) is 19.7. The van der Waals surface area contributed by atoms with Gasteiger partial charge >= 0.3 is 6.18 Å². The van der Waals surface area contributed by atoms with Gasteiger partial charge in [-0.2, -0.15) is 13.2 Å². The van der Waals surface area contributed by atoms with Crippen LogP contribution in [-0.2, 0) is 17.6 Å². The monoisotopic (exact) mass is 391 g/mol. The van der Waals surface area contributed by atoms with Gasteiger partial charge in [-0.15, -0.1) is 0 Å². The van der Waals surface area contributed by atoms with Crippen molar-refractivity contribution in [3.8, 4) is 11.3 Å². The Kier molecular flexibility index (Phi) is 5.49. The second-order valence-electron chi connectivity index (χ2n) is 7.94. The van der Waals surface area contributed by atoms with E-state index in [0.717, 1.165) is 40.3 Å². The molecule has 0 aliphatic rings. The third-order valence-electron chi connectivity index (χ3n) is 4.54. The number of alkyl halides is 3. The number of para-hydroxylation sites is 1. The summed E-state index contributed by atoms with van der Waals surface area (Å²) in [6.07, 6.45) is -4.33. The van der Waals surface area contributed by atoms with Crippen molar-refractivity contribution in [2.24, 2.45) is 0 Å². The van der Waals surface area contributed by atoms with E-state index in [1.54, 1.807) is 0 Å². The van der Waals surface area contributed by atoms with Crippen molar-refractivity contribution in [1.82, 2.24) is 4.57 Å². The molecule has 0 amide bonds. The van der Waals surface area contributed by atoms with E-state index in [1.165, 1.54) is 12.1 Å². The number of aromatic nitrogens is 1. The van der Waals surface area contributed by atoms with Crippen molar-refractivity contribution in [2.45, 2.75) is 38.6 Å². The molecular weight excluding hydrogens is 367 g/mol. The van der Waals surface area contributed by atoms with E-state index in [-0.39, 0.29) is 0 Å². The molecule has 0 spiro atoms. The Morgan fingerprint density at radius 1 is 0.963 bits per heavy atom. The molecule has 27 heavy (non-hydrogen) atoms. The van der Waals surface area contributed by atoms with E-state index in [9.17, 15) is 13.2 Å². The maximum Gasteiger partial charge on any atom is 0.416 e. The number of benzene rings is 2. The Morgan fingerprint density at radius 2 is 1.63 bits per heavy atom. The van der Waals surface area contributed by atoms with Crippen molar-refractivity contribution >= 4 is 19.0 Å². The zero-order chi connectivity index (χ0) is 19.7. The van der Waals surface area contributed by atoms with Gasteiger partial charge in [-0.3, -0.25) is 0 Å². The fourth-order valence-corrected chi connectivity index (χ4v) is 3.71. The molecule has 6 heteroatoms. The largest absolute Gasteiger partial charge is 0.416 e. The van der Waals surface area contributed by atoms with Gasteiger partial charge in [0.25, 0.3) is 0 Å². The van der Waals surface area contributed by atoms with Crippen LogP contribution in [-0.4, -0.2) is 19.2 Å². The van der Waals surface area contributed by atoms with Crippen LogP contribution in [0, 0.1) is 0 Å². The summed E-state index contributed by atoms with van der Waals surface area (Å²) in [5.74, 6) is 0. The summed E-state index contributed by atoms with van der Waals surface area (Å²) in [5.41, 5.74) is 1.98. The zero-order valence-corrected chi connectivity index (χ0v) is 16.8. The van der Waals surface area contributed by atoms with E-state index in [2.05, 4.69) is 19.6 Å². The Balaban J connectivity index is 1.90. The molecule has 0 unspecified atom stereocenters. The molecule has 0 atom stereocenters. The van der Waals surface area contributed by atoms with Gasteiger partial charge in [-0.25, -0.2) is 0 Å². The topological polar surface area (TPSA) is 14.2 Å². The van der Waals surface area contributed by atoms with Crippen LogP contribution in [0.3, 0.4) is 0 Å². The van der Waals surface area contributed by atoms with Crippen molar-refractivity contribution < 1.29 is 17.9 Å². The summed E-state index contributed by atoms with van der Waals surface area (Å²) in [4.78, 5) is 0. The predicted octanol–water partition coefficient (Wildman–Crippen LogP) is 6.64. The standard InChI is InChI=1S/C21H24F3NOSi/c1-27(2,3)13-12-26-15-25-19-7-5-4-6-17(19)14-20(25)16-8-10-18(11-9-16)21(22,23)24/h4-11,14H,12-13,15H2,1-3H3. The molecule has 3 rings (SSSR count). The smallest absolute Gasteiger partial charge is 0.361 e. The number of nitrogens with zero attached hydrogens (tertiary/aromatic N) is 1. The highest BCUT2D eigenvalue weighted by Crippen LogP contribution is 2.33. The summed E-state index contributed by atoms with van der Waals surface area (Å²) in [5, 5.41) is 1.04. The van der Waals surface area contributed by atoms with Crippen LogP contribution in [0.15, 0.2) is 54.6 Å². The molecule has 0 fully saturated rings. The fourth-order valence-electron chi connectivity index (χ4n) is 2.95. The van der Waals surface area contributed by atoms with Crippen LogP contribution in [0.4, 0.5) is 13.2 Å². The number of rotatable bonds is 6. The van der Waals surface area contributed by atoms with Crippen LogP contribution < -0.4 is 0 Å².